The maximum atomic E-state index is 12.0. The molecule has 2 heterocycles. The smallest absolute Gasteiger partial charge is 0.329 e. The molecule has 1 N–H and O–H groups in total. The number of aryl methyl sites for hydroxylation is 1. The molecule has 0 unspecified atom stereocenters. The minimum absolute atomic E-state index is 0.0917. The monoisotopic (exact) mass is 353 g/mol. The summed E-state index contributed by atoms with van der Waals surface area (Å²) in [7, 11) is 0. The molecule has 19 heavy (non-hydrogen) atoms. The maximum absolute atomic E-state index is 12.0. The third kappa shape index (κ3) is 3.79. The maximum Gasteiger partial charge on any atom is 0.389 e. The van der Waals surface area contributed by atoms with Gasteiger partial charge in [0.25, 0.3) is 0 Å². The van der Waals surface area contributed by atoms with Crippen molar-refractivity contribution in [2.24, 2.45) is 0 Å². The van der Waals surface area contributed by atoms with Gasteiger partial charge in [0.15, 0.2) is 10.4 Å². The summed E-state index contributed by atoms with van der Waals surface area (Å²) in [6.45, 7) is 0.434. The molecule has 0 fully saturated rings. The van der Waals surface area contributed by atoms with Crippen LogP contribution in [0, 0.1) is 4.77 Å². The Balaban J connectivity index is 2.09. The first kappa shape index (κ1) is 14.5. The van der Waals surface area contributed by atoms with E-state index in [0.717, 1.165) is 9.99 Å². The van der Waals surface area contributed by atoms with Gasteiger partial charge in [-0.25, -0.2) is 4.98 Å². The van der Waals surface area contributed by atoms with Gasteiger partial charge in [0.2, 0.25) is 0 Å². The third-order valence-electron chi connectivity index (χ3n) is 2.67. The van der Waals surface area contributed by atoms with Gasteiger partial charge in [-0.1, -0.05) is 0 Å². The molecule has 0 saturated carbocycles. The second-order valence-corrected chi connectivity index (χ2v) is 5.48. The molecule has 8 heteroatoms. The van der Waals surface area contributed by atoms with Crippen LogP contribution in [0.3, 0.4) is 0 Å². The normalized spacial score (nSPS) is 12.2. The topological polar surface area (TPSA) is 33.6 Å². The van der Waals surface area contributed by atoms with Crippen molar-refractivity contribution >= 4 is 39.3 Å². The van der Waals surface area contributed by atoms with Crippen LogP contribution in [0.25, 0.3) is 11.2 Å². The number of H-pyrrole nitrogens is 1. The van der Waals surface area contributed by atoms with Crippen molar-refractivity contribution in [3.63, 3.8) is 0 Å². The molecular formula is C11H11BrF3N3S. The molecular weight excluding hydrogens is 343 g/mol. The number of imidazole rings is 1. The lowest BCUT2D eigenvalue weighted by molar-refractivity contribution is -0.135. The molecule has 0 aromatic carbocycles. The Hall–Kier alpha value is -0.890. The lowest BCUT2D eigenvalue weighted by Gasteiger charge is -2.06. The molecule has 2 aromatic heterocycles. The molecule has 0 radical (unpaired) electrons. The molecule has 104 valence electrons. The summed E-state index contributed by atoms with van der Waals surface area (Å²) in [6.07, 6.45) is -2.71. The minimum Gasteiger partial charge on any atom is -0.329 e. The lowest BCUT2D eigenvalue weighted by Crippen LogP contribution is -2.07. The number of aromatic nitrogens is 3. The second-order valence-electron chi connectivity index (χ2n) is 4.18. The van der Waals surface area contributed by atoms with Gasteiger partial charge in [-0.2, -0.15) is 13.2 Å². The molecule has 0 bridgehead atoms. The van der Waals surface area contributed by atoms with Crippen LogP contribution in [0.2, 0.25) is 0 Å². The van der Waals surface area contributed by atoms with Crippen LogP contribution in [0.15, 0.2) is 16.7 Å². The van der Waals surface area contributed by atoms with Crippen LogP contribution in [0.1, 0.15) is 19.3 Å². The second kappa shape index (κ2) is 5.62. The average molecular weight is 354 g/mol. The number of aromatic amines is 1. The van der Waals surface area contributed by atoms with Crippen LogP contribution >= 0.6 is 28.1 Å². The molecule has 0 saturated heterocycles. The number of hydrogen-bond donors (Lipinski definition) is 1. The van der Waals surface area contributed by atoms with Gasteiger partial charge in [0.05, 0.1) is 5.52 Å². The van der Waals surface area contributed by atoms with Crippen molar-refractivity contribution in [2.75, 3.05) is 0 Å². The Bertz CT molecular complexity index is 632. The van der Waals surface area contributed by atoms with E-state index in [1.165, 1.54) is 0 Å². The van der Waals surface area contributed by atoms with Gasteiger partial charge in [-0.05, 0) is 47.1 Å². The highest BCUT2D eigenvalue weighted by molar-refractivity contribution is 9.10. The number of fused-ring (bicyclic) bond motifs is 1. The van der Waals surface area contributed by atoms with Gasteiger partial charge in [-0.3, -0.25) is 0 Å². The van der Waals surface area contributed by atoms with Crippen molar-refractivity contribution < 1.29 is 13.2 Å². The van der Waals surface area contributed by atoms with Crippen LogP contribution in [-0.4, -0.2) is 20.7 Å². The van der Waals surface area contributed by atoms with Crippen molar-refractivity contribution in [3.05, 3.63) is 21.5 Å². The van der Waals surface area contributed by atoms with E-state index in [4.69, 9.17) is 12.2 Å². The molecule has 0 aliphatic carbocycles. The first-order chi connectivity index (χ1) is 8.87. The molecule has 0 aliphatic heterocycles. The average Bonchev–Trinajstić information content (AvgIpc) is 2.58. The van der Waals surface area contributed by atoms with Crippen molar-refractivity contribution in [1.29, 1.82) is 0 Å². The fourth-order valence-electron chi connectivity index (χ4n) is 1.82. The van der Waals surface area contributed by atoms with E-state index in [1.807, 2.05) is 6.07 Å². The van der Waals surface area contributed by atoms with Crippen molar-refractivity contribution in [3.8, 4) is 0 Å². The molecule has 3 nitrogen and oxygen atoms in total. The number of alkyl halides is 3. The molecule has 0 atom stereocenters. The van der Waals surface area contributed by atoms with Gasteiger partial charge < -0.3 is 9.55 Å². The Labute approximate surface area is 121 Å². The van der Waals surface area contributed by atoms with E-state index in [-0.39, 0.29) is 6.42 Å². The molecule has 2 rings (SSSR count). The van der Waals surface area contributed by atoms with Crippen molar-refractivity contribution in [2.45, 2.75) is 32.0 Å². The van der Waals surface area contributed by atoms with E-state index in [2.05, 4.69) is 25.9 Å². The third-order valence-corrected chi connectivity index (χ3v) is 3.42. The van der Waals surface area contributed by atoms with E-state index in [1.54, 1.807) is 10.8 Å². The Morgan fingerprint density at radius 1 is 1.37 bits per heavy atom. The van der Waals surface area contributed by atoms with Gasteiger partial charge in [0, 0.05) is 23.6 Å². The summed E-state index contributed by atoms with van der Waals surface area (Å²) in [5.74, 6) is 0. The highest BCUT2D eigenvalue weighted by Crippen LogP contribution is 2.23. The zero-order chi connectivity index (χ0) is 14.0. The van der Waals surface area contributed by atoms with E-state index in [0.29, 0.717) is 23.4 Å². The zero-order valence-electron chi connectivity index (χ0n) is 9.80. The Morgan fingerprint density at radius 3 is 2.79 bits per heavy atom. The first-order valence-electron chi connectivity index (χ1n) is 5.67. The minimum atomic E-state index is -4.09. The number of pyridine rings is 1. The predicted molar refractivity (Wildman–Crippen MR) is 72.5 cm³/mol. The predicted octanol–water partition coefficient (Wildman–Crippen LogP) is 4.59. The van der Waals surface area contributed by atoms with Crippen LogP contribution in [0.5, 0.6) is 0 Å². The first-order valence-corrected chi connectivity index (χ1v) is 6.88. The quantitative estimate of drug-likeness (QED) is 0.644. The van der Waals surface area contributed by atoms with E-state index >= 15 is 0 Å². The summed E-state index contributed by atoms with van der Waals surface area (Å²) < 4.78 is 39.2. The highest BCUT2D eigenvalue weighted by atomic mass is 79.9. The Morgan fingerprint density at radius 2 is 2.11 bits per heavy atom. The zero-order valence-corrected chi connectivity index (χ0v) is 12.2. The molecule has 0 amide bonds. The van der Waals surface area contributed by atoms with Gasteiger partial charge in [-0.15, -0.1) is 0 Å². The van der Waals surface area contributed by atoms with Gasteiger partial charge >= 0.3 is 6.18 Å². The molecule has 0 aliphatic rings. The summed E-state index contributed by atoms with van der Waals surface area (Å²) in [5, 5.41) is 0. The number of halogens is 4. The largest absolute Gasteiger partial charge is 0.389 e. The lowest BCUT2D eigenvalue weighted by atomic mass is 10.2. The van der Waals surface area contributed by atoms with Crippen LogP contribution < -0.4 is 0 Å². The summed E-state index contributed by atoms with van der Waals surface area (Å²) >= 11 is 8.45. The SMILES string of the molecule is FC(F)(F)CCCCn1c(=S)[nH]c2cc(Br)cnc21. The van der Waals surface area contributed by atoms with Crippen molar-refractivity contribution in [1.82, 2.24) is 14.5 Å². The number of hydrogen-bond acceptors (Lipinski definition) is 2. The number of rotatable bonds is 4. The summed E-state index contributed by atoms with van der Waals surface area (Å²) in [5.41, 5.74) is 1.44. The van der Waals surface area contributed by atoms with E-state index < -0.39 is 12.6 Å². The fraction of sp³-hybridized carbons (Fsp3) is 0.455. The molecule has 0 spiro atoms. The molecule has 2 aromatic rings. The number of unbranched alkanes of at least 4 members (excludes halogenated alkanes) is 1. The van der Waals surface area contributed by atoms with Crippen LogP contribution in [0.4, 0.5) is 13.2 Å². The Kier molecular flexibility index (Phi) is 4.29. The number of nitrogens with one attached hydrogen (secondary N) is 1. The highest BCUT2D eigenvalue weighted by Gasteiger charge is 2.25. The van der Waals surface area contributed by atoms with E-state index in [9.17, 15) is 13.2 Å². The summed E-state index contributed by atoms with van der Waals surface area (Å²) in [6, 6.07) is 1.84. The standard InChI is InChI=1S/C11H11BrF3N3S/c12-7-5-8-9(16-6-7)18(10(19)17-8)4-2-1-3-11(13,14)15/h5-6H,1-4H2,(H,17,19). The number of nitrogens with zero attached hydrogens (tertiary/aromatic N) is 2. The summed E-state index contributed by atoms with van der Waals surface area (Å²) in [4.78, 5) is 7.21. The van der Waals surface area contributed by atoms with Gasteiger partial charge in [0.1, 0.15) is 0 Å². The fourth-order valence-corrected chi connectivity index (χ4v) is 2.44. The van der Waals surface area contributed by atoms with Crippen LogP contribution in [-0.2, 0) is 6.54 Å².